The number of carbonyl (C=O) groups excluding carboxylic acids is 1. The predicted molar refractivity (Wildman–Crippen MR) is 75.6 cm³/mol. The van der Waals surface area contributed by atoms with Gasteiger partial charge in [0.05, 0.1) is 5.56 Å². The highest BCUT2D eigenvalue weighted by molar-refractivity contribution is 5.99. The second-order valence-corrected chi connectivity index (χ2v) is 4.26. The Bertz CT molecular complexity index is 434. The van der Waals surface area contributed by atoms with E-state index in [2.05, 4.69) is 23.5 Å². The van der Waals surface area contributed by atoms with Gasteiger partial charge in [-0.2, -0.15) is 0 Å². The van der Waals surface area contributed by atoms with Crippen molar-refractivity contribution in [2.45, 2.75) is 32.7 Å². The molecule has 0 spiro atoms. The van der Waals surface area contributed by atoms with Crippen molar-refractivity contribution in [3.8, 4) is 12.3 Å². The molecule has 1 aromatic carbocycles. The number of hydrogen-bond acceptors (Lipinski definition) is 2. The fourth-order valence-electron chi connectivity index (χ4n) is 1.62. The SMILES string of the molecule is C#CCC(C)NC(=O)c1ccccc1NCCC. The number of para-hydroxylation sites is 1. The smallest absolute Gasteiger partial charge is 0.253 e. The first-order chi connectivity index (χ1) is 8.69. The number of hydrogen-bond donors (Lipinski definition) is 2. The van der Waals surface area contributed by atoms with Gasteiger partial charge in [0.25, 0.3) is 5.91 Å². The molecule has 18 heavy (non-hydrogen) atoms. The second-order valence-electron chi connectivity index (χ2n) is 4.26. The molecular weight excluding hydrogens is 224 g/mol. The van der Waals surface area contributed by atoms with Crippen LogP contribution < -0.4 is 10.6 Å². The number of nitrogens with one attached hydrogen (secondary N) is 2. The minimum atomic E-state index is -0.0862. The summed E-state index contributed by atoms with van der Waals surface area (Å²) >= 11 is 0. The zero-order chi connectivity index (χ0) is 13.4. The van der Waals surface area contributed by atoms with E-state index < -0.39 is 0 Å². The lowest BCUT2D eigenvalue weighted by Crippen LogP contribution is -2.32. The highest BCUT2D eigenvalue weighted by atomic mass is 16.1. The summed E-state index contributed by atoms with van der Waals surface area (Å²) in [5.41, 5.74) is 1.53. The van der Waals surface area contributed by atoms with Crippen LogP contribution in [0.25, 0.3) is 0 Å². The van der Waals surface area contributed by atoms with Crippen LogP contribution in [0.2, 0.25) is 0 Å². The first kappa shape index (κ1) is 14.1. The molecule has 3 nitrogen and oxygen atoms in total. The summed E-state index contributed by atoms with van der Waals surface area (Å²) in [6, 6.07) is 7.49. The Balaban J connectivity index is 2.75. The monoisotopic (exact) mass is 244 g/mol. The average molecular weight is 244 g/mol. The molecule has 0 bridgehead atoms. The molecular formula is C15H20N2O. The van der Waals surface area contributed by atoms with Gasteiger partial charge in [-0.1, -0.05) is 19.1 Å². The number of carbonyl (C=O) groups is 1. The van der Waals surface area contributed by atoms with E-state index in [1.807, 2.05) is 31.2 Å². The molecule has 1 atom stereocenters. The maximum atomic E-state index is 12.1. The van der Waals surface area contributed by atoms with Gasteiger partial charge in [0, 0.05) is 24.7 Å². The van der Waals surface area contributed by atoms with E-state index in [-0.39, 0.29) is 11.9 Å². The minimum absolute atomic E-state index is 0.0123. The standard InChI is InChI=1S/C15H20N2O/c1-4-8-12(3)17-15(18)13-9-6-7-10-14(13)16-11-5-2/h1,6-7,9-10,12,16H,5,8,11H2,2-3H3,(H,17,18). The quantitative estimate of drug-likeness (QED) is 0.755. The van der Waals surface area contributed by atoms with Crippen molar-refractivity contribution in [3.63, 3.8) is 0 Å². The van der Waals surface area contributed by atoms with Crippen molar-refractivity contribution in [2.75, 3.05) is 11.9 Å². The maximum Gasteiger partial charge on any atom is 0.253 e. The summed E-state index contributed by atoms with van der Waals surface area (Å²) in [7, 11) is 0. The van der Waals surface area contributed by atoms with Crippen LogP contribution in [0, 0.1) is 12.3 Å². The van der Waals surface area contributed by atoms with E-state index in [4.69, 9.17) is 6.42 Å². The van der Waals surface area contributed by atoms with Gasteiger partial charge in [0.1, 0.15) is 0 Å². The fourth-order valence-corrected chi connectivity index (χ4v) is 1.62. The van der Waals surface area contributed by atoms with Crippen LogP contribution in [0.3, 0.4) is 0 Å². The molecule has 0 heterocycles. The van der Waals surface area contributed by atoms with Crippen LogP contribution in [0.15, 0.2) is 24.3 Å². The molecule has 96 valence electrons. The molecule has 1 unspecified atom stereocenters. The molecule has 1 aromatic rings. The van der Waals surface area contributed by atoms with Crippen molar-refractivity contribution < 1.29 is 4.79 Å². The third-order valence-corrected chi connectivity index (χ3v) is 2.54. The average Bonchev–Trinajstić information content (AvgIpc) is 2.36. The van der Waals surface area contributed by atoms with Gasteiger partial charge in [-0.3, -0.25) is 4.79 Å². The van der Waals surface area contributed by atoms with Crippen LogP contribution in [-0.2, 0) is 0 Å². The molecule has 0 aliphatic carbocycles. The number of amides is 1. The van der Waals surface area contributed by atoms with Crippen LogP contribution in [0.4, 0.5) is 5.69 Å². The van der Waals surface area contributed by atoms with Gasteiger partial charge in [-0.15, -0.1) is 12.3 Å². The van der Waals surface area contributed by atoms with Gasteiger partial charge >= 0.3 is 0 Å². The predicted octanol–water partition coefficient (Wildman–Crippen LogP) is 2.65. The molecule has 0 aromatic heterocycles. The lowest BCUT2D eigenvalue weighted by atomic mass is 10.1. The highest BCUT2D eigenvalue weighted by Crippen LogP contribution is 2.15. The first-order valence-corrected chi connectivity index (χ1v) is 6.26. The third-order valence-electron chi connectivity index (χ3n) is 2.54. The number of terminal acetylenes is 1. The summed E-state index contributed by atoms with van der Waals surface area (Å²) in [5.74, 6) is 2.46. The Hall–Kier alpha value is -1.95. The highest BCUT2D eigenvalue weighted by Gasteiger charge is 2.12. The Morgan fingerprint density at radius 1 is 1.44 bits per heavy atom. The van der Waals surface area contributed by atoms with E-state index in [1.54, 1.807) is 0 Å². The largest absolute Gasteiger partial charge is 0.384 e. The van der Waals surface area contributed by atoms with Crippen LogP contribution >= 0.6 is 0 Å². The Morgan fingerprint density at radius 3 is 2.83 bits per heavy atom. The topological polar surface area (TPSA) is 41.1 Å². The van der Waals surface area contributed by atoms with Crippen molar-refractivity contribution in [2.24, 2.45) is 0 Å². The third kappa shape index (κ3) is 4.14. The normalized spacial score (nSPS) is 11.4. The van der Waals surface area contributed by atoms with E-state index in [0.29, 0.717) is 12.0 Å². The molecule has 0 radical (unpaired) electrons. The molecule has 3 heteroatoms. The van der Waals surface area contributed by atoms with E-state index in [9.17, 15) is 4.79 Å². The summed E-state index contributed by atoms with van der Waals surface area (Å²) in [4.78, 5) is 12.1. The summed E-state index contributed by atoms with van der Waals surface area (Å²) in [6.07, 6.45) is 6.78. The van der Waals surface area contributed by atoms with Crippen LogP contribution in [-0.4, -0.2) is 18.5 Å². The van der Waals surface area contributed by atoms with Gasteiger partial charge in [0.15, 0.2) is 0 Å². The molecule has 0 saturated carbocycles. The number of benzene rings is 1. The van der Waals surface area contributed by atoms with Crippen LogP contribution in [0.1, 0.15) is 37.0 Å². The molecule has 2 N–H and O–H groups in total. The number of anilines is 1. The zero-order valence-corrected chi connectivity index (χ0v) is 11.0. The van der Waals surface area contributed by atoms with E-state index >= 15 is 0 Å². The first-order valence-electron chi connectivity index (χ1n) is 6.26. The Labute approximate surface area is 109 Å². The van der Waals surface area contributed by atoms with E-state index in [0.717, 1.165) is 18.7 Å². The van der Waals surface area contributed by atoms with E-state index in [1.165, 1.54) is 0 Å². The molecule has 0 aliphatic heterocycles. The lowest BCUT2D eigenvalue weighted by Gasteiger charge is -2.14. The minimum Gasteiger partial charge on any atom is -0.384 e. The van der Waals surface area contributed by atoms with Gasteiger partial charge in [-0.25, -0.2) is 0 Å². The summed E-state index contributed by atoms with van der Waals surface area (Å²) in [6.45, 7) is 4.84. The molecule has 1 amide bonds. The van der Waals surface area contributed by atoms with Gasteiger partial charge < -0.3 is 10.6 Å². The Morgan fingerprint density at radius 2 is 2.17 bits per heavy atom. The van der Waals surface area contributed by atoms with Crippen LogP contribution in [0.5, 0.6) is 0 Å². The van der Waals surface area contributed by atoms with Crippen molar-refractivity contribution in [1.29, 1.82) is 0 Å². The summed E-state index contributed by atoms with van der Waals surface area (Å²) in [5, 5.41) is 6.14. The van der Waals surface area contributed by atoms with Crippen molar-refractivity contribution in [3.05, 3.63) is 29.8 Å². The van der Waals surface area contributed by atoms with Gasteiger partial charge in [0.2, 0.25) is 0 Å². The lowest BCUT2D eigenvalue weighted by molar-refractivity contribution is 0.0941. The number of rotatable bonds is 6. The summed E-state index contributed by atoms with van der Waals surface area (Å²) < 4.78 is 0. The van der Waals surface area contributed by atoms with Crippen molar-refractivity contribution in [1.82, 2.24) is 5.32 Å². The zero-order valence-electron chi connectivity index (χ0n) is 11.0. The Kier molecular flexibility index (Phi) is 5.79. The van der Waals surface area contributed by atoms with Crippen molar-refractivity contribution >= 4 is 11.6 Å². The molecule has 0 fully saturated rings. The molecule has 0 saturated heterocycles. The second kappa shape index (κ2) is 7.39. The fraction of sp³-hybridized carbons (Fsp3) is 0.400. The van der Waals surface area contributed by atoms with Gasteiger partial charge in [-0.05, 0) is 25.5 Å². The maximum absolute atomic E-state index is 12.1. The molecule has 0 aliphatic rings. The molecule has 1 rings (SSSR count).